The van der Waals surface area contributed by atoms with Crippen LogP contribution in [-0.2, 0) is 5.60 Å². The molecule has 0 radical (unpaired) electrons. The minimum atomic E-state index is -1.39. The van der Waals surface area contributed by atoms with Gasteiger partial charge in [0.1, 0.15) is 11.9 Å². The highest BCUT2D eigenvalue weighted by Crippen LogP contribution is 2.36. The van der Waals surface area contributed by atoms with Crippen molar-refractivity contribution < 1.29 is 5.11 Å². The number of benzene rings is 2. The third-order valence-corrected chi connectivity index (χ3v) is 4.20. The number of hydrogen-bond donors (Lipinski definition) is 1. The normalized spacial score (nSPS) is 13.1. The molecule has 1 N–H and O–H groups in total. The van der Waals surface area contributed by atoms with Crippen LogP contribution in [0.5, 0.6) is 0 Å². The lowest BCUT2D eigenvalue weighted by Gasteiger charge is -2.29. The van der Waals surface area contributed by atoms with E-state index >= 15 is 0 Å². The van der Waals surface area contributed by atoms with E-state index in [1.54, 1.807) is 36.7 Å². The highest BCUT2D eigenvalue weighted by molar-refractivity contribution is 9.10. The molecule has 3 rings (SSSR count). The smallest absolute Gasteiger partial charge is 0.143 e. The SMILES string of the molecule is N#Cc1ccc(C(O)(c2ccc(Br)cc2)c2cncnc2)cc1. The van der Waals surface area contributed by atoms with Crippen LogP contribution in [0.25, 0.3) is 0 Å². The Hall–Kier alpha value is -2.55. The molecule has 23 heavy (non-hydrogen) atoms. The summed E-state index contributed by atoms with van der Waals surface area (Å²) in [6.45, 7) is 0. The van der Waals surface area contributed by atoms with Gasteiger partial charge < -0.3 is 5.11 Å². The monoisotopic (exact) mass is 365 g/mol. The zero-order valence-electron chi connectivity index (χ0n) is 12.0. The molecule has 1 aromatic heterocycles. The quantitative estimate of drug-likeness (QED) is 0.772. The van der Waals surface area contributed by atoms with Gasteiger partial charge in [0.15, 0.2) is 0 Å². The summed E-state index contributed by atoms with van der Waals surface area (Å²) in [6, 6.07) is 16.4. The summed E-state index contributed by atoms with van der Waals surface area (Å²) in [5.41, 5.74) is 1.05. The van der Waals surface area contributed by atoms with Crippen molar-refractivity contribution in [3.05, 3.63) is 94.0 Å². The lowest BCUT2D eigenvalue weighted by atomic mass is 9.81. The van der Waals surface area contributed by atoms with Crippen LogP contribution in [0.3, 0.4) is 0 Å². The van der Waals surface area contributed by atoms with Crippen LogP contribution in [0.15, 0.2) is 71.7 Å². The average molecular weight is 366 g/mol. The van der Waals surface area contributed by atoms with E-state index in [2.05, 4.69) is 32.0 Å². The largest absolute Gasteiger partial charge is 0.376 e. The highest BCUT2D eigenvalue weighted by Gasteiger charge is 2.34. The van der Waals surface area contributed by atoms with E-state index < -0.39 is 5.60 Å². The molecule has 0 saturated carbocycles. The predicted octanol–water partition coefficient (Wildman–Crippen LogP) is 3.39. The number of rotatable bonds is 3. The first-order chi connectivity index (χ1) is 11.1. The van der Waals surface area contributed by atoms with Crippen molar-refractivity contribution in [1.29, 1.82) is 5.26 Å². The van der Waals surface area contributed by atoms with Crippen molar-refractivity contribution >= 4 is 15.9 Å². The third-order valence-electron chi connectivity index (χ3n) is 3.67. The summed E-state index contributed by atoms with van der Waals surface area (Å²) in [4.78, 5) is 8.04. The molecule has 0 aliphatic heterocycles. The topological polar surface area (TPSA) is 69.8 Å². The Bertz CT molecular complexity index is 842. The van der Waals surface area contributed by atoms with Crippen LogP contribution in [0.2, 0.25) is 0 Å². The summed E-state index contributed by atoms with van der Waals surface area (Å²) in [7, 11) is 0. The van der Waals surface area contributed by atoms with Gasteiger partial charge in [-0.1, -0.05) is 40.2 Å². The molecule has 1 atom stereocenters. The van der Waals surface area contributed by atoms with Crippen LogP contribution >= 0.6 is 15.9 Å². The zero-order chi connectivity index (χ0) is 16.3. The molecule has 0 fully saturated rings. The van der Waals surface area contributed by atoms with Gasteiger partial charge in [-0.05, 0) is 35.4 Å². The first-order valence-corrected chi connectivity index (χ1v) is 7.68. The third kappa shape index (κ3) is 2.87. The number of halogens is 1. The van der Waals surface area contributed by atoms with Gasteiger partial charge in [0.2, 0.25) is 0 Å². The number of aliphatic hydroxyl groups is 1. The van der Waals surface area contributed by atoms with Crippen molar-refractivity contribution in [3.63, 3.8) is 0 Å². The number of aromatic nitrogens is 2. The Balaban J connectivity index is 2.21. The second kappa shape index (κ2) is 6.29. The first-order valence-electron chi connectivity index (χ1n) is 6.89. The van der Waals surface area contributed by atoms with E-state index in [0.29, 0.717) is 22.3 Å². The molecule has 112 valence electrons. The van der Waals surface area contributed by atoms with Crippen LogP contribution < -0.4 is 0 Å². The van der Waals surface area contributed by atoms with Gasteiger partial charge >= 0.3 is 0 Å². The summed E-state index contributed by atoms with van der Waals surface area (Å²) in [5.74, 6) is 0. The average Bonchev–Trinajstić information content (AvgIpc) is 2.62. The van der Waals surface area contributed by atoms with Crippen LogP contribution in [0.1, 0.15) is 22.3 Å². The Morgan fingerprint density at radius 2 is 1.39 bits per heavy atom. The van der Waals surface area contributed by atoms with Crippen LogP contribution in [-0.4, -0.2) is 15.1 Å². The van der Waals surface area contributed by atoms with E-state index in [9.17, 15) is 5.11 Å². The number of nitriles is 1. The maximum atomic E-state index is 11.5. The van der Waals surface area contributed by atoms with E-state index in [0.717, 1.165) is 4.47 Å². The highest BCUT2D eigenvalue weighted by atomic mass is 79.9. The van der Waals surface area contributed by atoms with E-state index in [4.69, 9.17) is 5.26 Å². The van der Waals surface area contributed by atoms with Gasteiger partial charge in [-0.3, -0.25) is 0 Å². The molecular weight excluding hydrogens is 354 g/mol. The van der Waals surface area contributed by atoms with Crippen molar-refractivity contribution in [3.8, 4) is 6.07 Å². The lowest BCUT2D eigenvalue weighted by Crippen LogP contribution is -2.29. The van der Waals surface area contributed by atoms with Gasteiger partial charge in [0.25, 0.3) is 0 Å². The molecule has 5 heteroatoms. The molecule has 4 nitrogen and oxygen atoms in total. The summed E-state index contributed by atoms with van der Waals surface area (Å²) < 4.78 is 0.924. The molecule has 0 aliphatic rings. The summed E-state index contributed by atoms with van der Waals surface area (Å²) >= 11 is 3.40. The zero-order valence-corrected chi connectivity index (χ0v) is 13.6. The minimum absolute atomic E-state index is 0.538. The van der Waals surface area contributed by atoms with E-state index in [-0.39, 0.29) is 0 Å². The fourth-order valence-electron chi connectivity index (χ4n) is 2.46. The first kappa shape index (κ1) is 15.3. The molecule has 3 aromatic rings. The van der Waals surface area contributed by atoms with Gasteiger partial charge in [0.05, 0.1) is 11.6 Å². The standard InChI is InChI=1S/C18H12BrN3O/c19-17-7-5-15(6-8-17)18(23,16-10-21-12-22-11-16)14-3-1-13(9-20)2-4-14/h1-8,10-12,23H. The molecule has 0 saturated heterocycles. The van der Waals surface area contributed by atoms with E-state index in [1.165, 1.54) is 6.33 Å². The van der Waals surface area contributed by atoms with Gasteiger partial charge in [0, 0.05) is 22.4 Å². The predicted molar refractivity (Wildman–Crippen MR) is 89.4 cm³/mol. The van der Waals surface area contributed by atoms with Crippen molar-refractivity contribution in [2.75, 3.05) is 0 Å². The maximum absolute atomic E-state index is 11.5. The van der Waals surface area contributed by atoms with E-state index in [1.807, 2.05) is 24.3 Å². The molecule has 0 spiro atoms. The Morgan fingerprint density at radius 1 is 0.870 bits per heavy atom. The fraction of sp³-hybridized carbons (Fsp3) is 0.0556. The molecule has 0 bridgehead atoms. The Kier molecular flexibility index (Phi) is 4.20. The summed E-state index contributed by atoms with van der Waals surface area (Å²) in [6.07, 6.45) is 4.60. The number of nitrogens with zero attached hydrogens (tertiary/aromatic N) is 3. The second-order valence-corrected chi connectivity index (χ2v) is 5.95. The fourth-order valence-corrected chi connectivity index (χ4v) is 2.73. The van der Waals surface area contributed by atoms with Gasteiger partial charge in [-0.15, -0.1) is 0 Å². The minimum Gasteiger partial charge on any atom is -0.376 e. The number of hydrogen-bond acceptors (Lipinski definition) is 4. The molecule has 1 heterocycles. The van der Waals surface area contributed by atoms with Crippen molar-refractivity contribution in [2.45, 2.75) is 5.60 Å². The van der Waals surface area contributed by atoms with Crippen molar-refractivity contribution in [2.24, 2.45) is 0 Å². The summed E-state index contributed by atoms with van der Waals surface area (Å²) in [5, 5.41) is 20.5. The van der Waals surface area contributed by atoms with Crippen molar-refractivity contribution in [1.82, 2.24) is 9.97 Å². The molecular formula is C18H12BrN3O. The molecule has 1 unspecified atom stereocenters. The lowest BCUT2D eigenvalue weighted by molar-refractivity contribution is 0.125. The maximum Gasteiger partial charge on any atom is 0.143 e. The van der Waals surface area contributed by atoms with Crippen LogP contribution in [0.4, 0.5) is 0 Å². The van der Waals surface area contributed by atoms with Gasteiger partial charge in [-0.2, -0.15) is 5.26 Å². The Labute approximate surface area is 142 Å². The van der Waals surface area contributed by atoms with Gasteiger partial charge in [-0.25, -0.2) is 9.97 Å². The molecule has 0 amide bonds. The molecule has 0 aliphatic carbocycles. The molecule has 2 aromatic carbocycles. The van der Waals surface area contributed by atoms with Crippen LogP contribution in [0, 0.1) is 11.3 Å². The Morgan fingerprint density at radius 3 is 1.91 bits per heavy atom. The second-order valence-electron chi connectivity index (χ2n) is 5.03.